The van der Waals surface area contributed by atoms with E-state index in [1.165, 1.54) is 0 Å². The molecule has 2 N–H and O–H groups in total. The van der Waals surface area contributed by atoms with Crippen LogP contribution >= 0.6 is 0 Å². The first kappa shape index (κ1) is 15.8. The topological polar surface area (TPSA) is 50.4 Å². The van der Waals surface area contributed by atoms with Crippen LogP contribution in [0.2, 0.25) is 0 Å². The second-order valence-electron chi connectivity index (χ2n) is 6.12. The maximum Gasteiger partial charge on any atom is 0.224 e. The SMILES string of the molecule is CC(C)COc1ccc(CC(=O)NC2CCNCC2)cc1. The van der Waals surface area contributed by atoms with Crippen LogP contribution in [0.5, 0.6) is 5.75 Å². The van der Waals surface area contributed by atoms with Gasteiger partial charge in [0.2, 0.25) is 5.91 Å². The lowest BCUT2D eigenvalue weighted by Crippen LogP contribution is -2.43. The average molecular weight is 290 g/mol. The molecular formula is C17H26N2O2. The van der Waals surface area contributed by atoms with E-state index in [9.17, 15) is 4.79 Å². The van der Waals surface area contributed by atoms with Crippen LogP contribution in [-0.2, 0) is 11.2 Å². The lowest BCUT2D eigenvalue weighted by Gasteiger charge is -2.23. The second kappa shape index (κ2) is 8.03. The summed E-state index contributed by atoms with van der Waals surface area (Å²) in [6.45, 7) is 6.95. The highest BCUT2D eigenvalue weighted by Gasteiger charge is 2.15. The van der Waals surface area contributed by atoms with Crippen LogP contribution in [0, 0.1) is 5.92 Å². The Bertz CT molecular complexity index is 437. The maximum absolute atomic E-state index is 12.0. The number of carbonyl (C=O) groups is 1. The van der Waals surface area contributed by atoms with E-state index in [0.29, 0.717) is 18.4 Å². The molecule has 4 nitrogen and oxygen atoms in total. The smallest absolute Gasteiger partial charge is 0.224 e. The van der Waals surface area contributed by atoms with Gasteiger partial charge in [-0.3, -0.25) is 4.79 Å². The third kappa shape index (κ3) is 5.76. The molecule has 1 saturated heterocycles. The number of benzene rings is 1. The minimum absolute atomic E-state index is 0.109. The van der Waals surface area contributed by atoms with Crippen molar-refractivity contribution in [3.05, 3.63) is 29.8 Å². The molecular weight excluding hydrogens is 264 g/mol. The molecule has 1 aliphatic heterocycles. The number of amides is 1. The Labute approximate surface area is 127 Å². The third-order valence-electron chi connectivity index (χ3n) is 3.58. The molecule has 0 atom stereocenters. The van der Waals surface area contributed by atoms with Gasteiger partial charge in [0, 0.05) is 6.04 Å². The van der Waals surface area contributed by atoms with Crippen LogP contribution in [-0.4, -0.2) is 31.6 Å². The third-order valence-corrected chi connectivity index (χ3v) is 3.58. The fourth-order valence-corrected chi connectivity index (χ4v) is 2.40. The molecule has 0 radical (unpaired) electrons. The van der Waals surface area contributed by atoms with Crippen molar-refractivity contribution in [1.82, 2.24) is 10.6 Å². The molecule has 0 bridgehead atoms. The van der Waals surface area contributed by atoms with Crippen molar-refractivity contribution in [3.63, 3.8) is 0 Å². The highest BCUT2D eigenvalue weighted by atomic mass is 16.5. The van der Waals surface area contributed by atoms with Gasteiger partial charge in [0.25, 0.3) is 0 Å². The van der Waals surface area contributed by atoms with Gasteiger partial charge in [-0.25, -0.2) is 0 Å². The van der Waals surface area contributed by atoms with Crippen LogP contribution in [0.3, 0.4) is 0 Å². The largest absolute Gasteiger partial charge is 0.493 e. The number of rotatable bonds is 6. The molecule has 1 aromatic carbocycles. The normalized spacial score (nSPS) is 16.0. The molecule has 1 aromatic rings. The fraction of sp³-hybridized carbons (Fsp3) is 0.588. The average Bonchev–Trinajstić information content (AvgIpc) is 2.47. The first-order valence-corrected chi connectivity index (χ1v) is 7.85. The number of nitrogens with one attached hydrogen (secondary N) is 2. The van der Waals surface area contributed by atoms with Crippen molar-refractivity contribution >= 4 is 5.91 Å². The summed E-state index contributed by atoms with van der Waals surface area (Å²) in [4.78, 5) is 12.0. The van der Waals surface area contributed by atoms with E-state index in [4.69, 9.17) is 4.74 Å². The molecule has 2 rings (SSSR count). The van der Waals surface area contributed by atoms with Crippen LogP contribution in [0.4, 0.5) is 0 Å². The minimum atomic E-state index is 0.109. The standard InChI is InChI=1S/C17H26N2O2/c1-13(2)12-21-16-5-3-14(4-6-16)11-17(20)19-15-7-9-18-10-8-15/h3-6,13,15,18H,7-12H2,1-2H3,(H,19,20). The van der Waals surface area contributed by atoms with Gasteiger partial charge in [-0.15, -0.1) is 0 Å². The Hall–Kier alpha value is -1.55. The summed E-state index contributed by atoms with van der Waals surface area (Å²) in [7, 11) is 0. The van der Waals surface area contributed by atoms with Gasteiger partial charge >= 0.3 is 0 Å². The Kier molecular flexibility index (Phi) is 6.05. The molecule has 0 aliphatic carbocycles. The summed E-state index contributed by atoms with van der Waals surface area (Å²) in [5.41, 5.74) is 1.03. The zero-order valence-electron chi connectivity index (χ0n) is 13.0. The Morgan fingerprint density at radius 2 is 1.95 bits per heavy atom. The van der Waals surface area contributed by atoms with Crippen molar-refractivity contribution in [2.24, 2.45) is 5.92 Å². The predicted molar refractivity (Wildman–Crippen MR) is 84.5 cm³/mol. The molecule has 0 aromatic heterocycles. The van der Waals surface area contributed by atoms with Gasteiger partial charge in [-0.2, -0.15) is 0 Å². The summed E-state index contributed by atoms with van der Waals surface area (Å²) in [5, 5.41) is 6.41. The molecule has 1 amide bonds. The van der Waals surface area contributed by atoms with E-state index in [0.717, 1.165) is 43.9 Å². The minimum Gasteiger partial charge on any atom is -0.493 e. The highest BCUT2D eigenvalue weighted by molar-refractivity contribution is 5.78. The van der Waals surface area contributed by atoms with E-state index in [1.807, 2.05) is 24.3 Å². The van der Waals surface area contributed by atoms with Gasteiger partial charge in [0.05, 0.1) is 13.0 Å². The zero-order chi connectivity index (χ0) is 15.1. The molecule has 1 fully saturated rings. The van der Waals surface area contributed by atoms with E-state index in [2.05, 4.69) is 24.5 Å². The van der Waals surface area contributed by atoms with Gasteiger partial charge in [0.1, 0.15) is 5.75 Å². The van der Waals surface area contributed by atoms with E-state index >= 15 is 0 Å². The van der Waals surface area contributed by atoms with Crippen LogP contribution < -0.4 is 15.4 Å². The summed E-state index contributed by atoms with van der Waals surface area (Å²) in [6, 6.07) is 8.15. The molecule has 1 aliphatic rings. The Morgan fingerprint density at radius 1 is 1.29 bits per heavy atom. The predicted octanol–water partition coefficient (Wildman–Crippen LogP) is 2.13. The summed E-state index contributed by atoms with van der Waals surface area (Å²) < 4.78 is 5.64. The van der Waals surface area contributed by atoms with Crippen molar-refractivity contribution in [2.75, 3.05) is 19.7 Å². The Balaban J connectivity index is 1.77. The zero-order valence-corrected chi connectivity index (χ0v) is 13.0. The molecule has 116 valence electrons. The molecule has 0 spiro atoms. The molecule has 0 saturated carbocycles. The summed E-state index contributed by atoms with van der Waals surface area (Å²) >= 11 is 0. The fourth-order valence-electron chi connectivity index (χ4n) is 2.40. The van der Waals surface area contributed by atoms with Crippen molar-refractivity contribution in [2.45, 2.75) is 39.2 Å². The monoisotopic (exact) mass is 290 g/mol. The van der Waals surface area contributed by atoms with Crippen LogP contribution in [0.25, 0.3) is 0 Å². The Morgan fingerprint density at radius 3 is 2.57 bits per heavy atom. The lowest BCUT2D eigenvalue weighted by molar-refractivity contribution is -0.121. The molecule has 21 heavy (non-hydrogen) atoms. The highest BCUT2D eigenvalue weighted by Crippen LogP contribution is 2.14. The van der Waals surface area contributed by atoms with E-state index < -0.39 is 0 Å². The van der Waals surface area contributed by atoms with Gasteiger partial charge in [-0.1, -0.05) is 26.0 Å². The number of carbonyl (C=O) groups excluding carboxylic acids is 1. The van der Waals surface area contributed by atoms with E-state index in [-0.39, 0.29) is 5.91 Å². The number of hydrogen-bond acceptors (Lipinski definition) is 3. The molecule has 4 heteroatoms. The molecule has 1 heterocycles. The van der Waals surface area contributed by atoms with Gasteiger partial charge in [-0.05, 0) is 49.5 Å². The van der Waals surface area contributed by atoms with Crippen LogP contribution in [0.15, 0.2) is 24.3 Å². The number of piperidine rings is 1. The lowest BCUT2D eigenvalue weighted by atomic mass is 10.1. The number of ether oxygens (including phenoxy) is 1. The van der Waals surface area contributed by atoms with Crippen molar-refractivity contribution in [3.8, 4) is 5.75 Å². The maximum atomic E-state index is 12.0. The quantitative estimate of drug-likeness (QED) is 0.844. The summed E-state index contributed by atoms with van der Waals surface area (Å²) in [5.74, 6) is 1.49. The first-order valence-electron chi connectivity index (χ1n) is 7.85. The van der Waals surface area contributed by atoms with Crippen molar-refractivity contribution in [1.29, 1.82) is 0 Å². The number of hydrogen-bond donors (Lipinski definition) is 2. The van der Waals surface area contributed by atoms with Gasteiger partial charge < -0.3 is 15.4 Å². The van der Waals surface area contributed by atoms with E-state index in [1.54, 1.807) is 0 Å². The van der Waals surface area contributed by atoms with Gasteiger partial charge in [0.15, 0.2) is 0 Å². The summed E-state index contributed by atoms with van der Waals surface area (Å²) in [6.07, 6.45) is 2.48. The molecule has 0 unspecified atom stereocenters. The van der Waals surface area contributed by atoms with Crippen LogP contribution in [0.1, 0.15) is 32.3 Å². The second-order valence-corrected chi connectivity index (χ2v) is 6.12. The van der Waals surface area contributed by atoms with Crippen molar-refractivity contribution < 1.29 is 9.53 Å². The first-order chi connectivity index (χ1) is 10.1.